The molecule has 2 aromatic rings. The lowest BCUT2D eigenvalue weighted by molar-refractivity contribution is 0.0745. The Hall–Kier alpha value is -2.01. The molecule has 1 heterocycles. The van der Waals surface area contributed by atoms with E-state index >= 15 is 0 Å². The Morgan fingerprint density at radius 2 is 2.15 bits per heavy atom. The highest BCUT2D eigenvalue weighted by molar-refractivity contribution is 7.10. The molecule has 2 N–H and O–H groups in total. The number of hydrogen-bond acceptors (Lipinski definition) is 4. The summed E-state index contributed by atoms with van der Waals surface area (Å²) in [6.45, 7) is 2.01. The lowest BCUT2D eigenvalue weighted by Gasteiger charge is -2.24. The van der Waals surface area contributed by atoms with Gasteiger partial charge in [0, 0.05) is 17.5 Å². The topological polar surface area (TPSA) is 55.6 Å². The van der Waals surface area contributed by atoms with Crippen molar-refractivity contribution >= 4 is 22.9 Å². The summed E-state index contributed by atoms with van der Waals surface area (Å²) in [7, 11) is 3.35. The molecule has 0 saturated heterocycles. The van der Waals surface area contributed by atoms with Gasteiger partial charge < -0.3 is 15.4 Å². The second-order valence-corrected chi connectivity index (χ2v) is 5.54. The van der Waals surface area contributed by atoms with Crippen LogP contribution in [0.1, 0.15) is 28.2 Å². The van der Waals surface area contributed by atoms with Crippen LogP contribution >= 0.6 is 11.3 Å². The third-order valence-electron chi connectivity index (χ3n) is 3.33. The molecule has 1 aromatic carbocycles. The lowest BCUT2D eigenvalue weighted by Crippen LogP contribution is -2.29. The number of nitrogen functional groups attached to an aromatic ring is 1. The van der Waals surface area contributed by atoms with Crippen LogP contribution < -0.4 is 10.5 Å². The number of carbonyl (C=O) groups is 1. The molecule has 0 radical (unpaired) electrons. The van der Waals surface area contributed by atoms with Gasteiger partial charge in [0.2, 0.25) is 0 Å². The molecule has 0 spiro atoms. The summed E-state index contributed by atoms with van der Waals surface area (Å²) in [5, 5.41) is 2.01. The third-order valence-corrected chi connectivity index (χ3v) is 4.38. The zero-order chi connectivity index (χ0) is 14.7. The smallest absolute Gasteiger partial charge is 0.254 e. The number of nitrogens with two attached hydrogens (primary N) is 1. The molecule has 106 valence electrons. The number of carbonyl (C=O) groups excluding carboxylic acids is 1. The molecule has 0 aliphatic heterocycles. The first-order valence-electron chi connectivity index (χ1n) is 6.28. The summed E-state index contributed by atoms with van der Waals surface area (Å²) in [5.74, 6) is 0.524. The van der Waals surface area contributed by atoms with Crippen LogP contribution in [0.15, 0.2) is 35.7 Å². The number of nitrogens with zero attached hydrogens (tertiary/aromatic N) is 1. The highest BCUT2D eigenvalue weighted by Crippen LogP contribution is 2.27. The Kier molecular flexibility index (Phi) is 4.29. The van der Waals surface area contributed by atoms with Crippen LogP contribution in [0.25, 0.3) is 0 Å². The van der Waals surface area contributed by atoms with Gasteiger partial charge in [0.25, 0.3) is 5.91 Å². The fourth-order valence-corrected chi connectivity index (χ4v) is 2.79. The minimum atomic E-state index is -0.0553. The van der Waals surface area contributed by atoms with E-state index in [0.717, 1.165) is 4.88 Å². The van der Waals surface area contributed by atoms with Crippen molar-refractivity contribution in [1.29, 1.82) is 0 Å². The summed E-state index contributed by atoms with van der Waals surface area (Å²) in [6.07, 6.45) is 0. The highest BCUT2D eigenvalue weighted by Gasteiger charge is 2.20. The van der Waals surface area contributed by atoms with Gasteiger partial charge in [-0.25, -0.2) is 0 Å². The summed E-state index contributed by atoms with van der Waals surface area (Å²) in [6, 6.07) is 9.15. The number of anilines is 1. The van der Waals surface area contributed by atoms with E-state index in [-0.39, 0.29) is 11.9 Å². The molecule has 4 nitrogen and oxygen atoms in total. The Labute approximate surface area is 122 Å². The molecule has 0 fully saturated rings. The first-order valence-corrected chi connectivity index (χ1v) is 7.16. The van der Waals surface area contributed by atoms with Gasteiger partial charge in [0.1, 0.15) is 5.75 Å². The average molecular weight is 290 g/mol. The standard InChI is InChI=1S/C15H18N2O2S/c1-10(14-5-4-8-20-14)17(2)15(18)11-6-7-13(19-3)12(16)9-11/h4-10H,16H2,1-3H3. The molecule has 0 saturated carbocycles. The maximum absolute atomic E-state index is 12.5. The van der Waals surface area contributed by atoms with E-state index in [2.05, 4.69) is 0 Å². The zero-order valence-corrected chi connectivity index (χ0v) is 12.6. The van der Waals surface area contributed by atoms with E-state index in [1.165, 1.54) is 0 Å². The van der Waals surface area contributed by atoms with Gasteiger partial charge in [0.05, 0.1) is 18.8 Å². The molecular formula is C15H18N2O2S. The van der Waals surface area contributed by atoms with Gasteiger partial charge in [-0.2, -0.15) is 0 Å². The van der Waals surface area contributed by atoms with E-state index < -0.39 is 0 Å². The molecule has 1 unspecified atom stereocenters. The Morgan fingerprint density at radius 1 is 1.40 bits per heavy atom. The van der Waals surface area contributed by atoms with Gasteiger partial charge in [-0.1, -0.05) is 6.07 Å². The number of rotatable bonds is 4. The normalized spacial score (nSPS) is 11.9. The molecule has 1 amide bonds. The highest BCUT2D eigenvalue weighted by atomic mass is 32.1. The molecule has 1 aromatic heterocycles. The molecule has 2 rings (SSSR count). The van der Waals surface area contributed by atoms with E-state index in [1.807, 2.05) is 24.4 Å². The van der Waals surface area contributed by atoms with E-state index in [0.29, 0.717) is 17.0 Å². The summed E-state index contributed by atoms with van der Waals surface area (Å²) >= 11 is 1.64. The van der Waals surface area contributed by atoms with Crippen LogP contribution in [0, 0.1) is 0 Å². The van der Waals surface area contributed by atoms with E-state index in [4.69, 9.17) is 10.5 Å². The Bertz CT molecular complexity index is 596. The first-order chi connectivity index (χ1) is 9.54. The van der Waals surface area contributed by atoms with Crippen LogP contribution in [0.3, 0.4) is 0 Å². The minimum Gasteiger partial charge on any atom is -0.495 e. The third kappa shape index (κ3) is 2.77. The van der Waals surface area contributed by atoms with Crippen molar-refractivity contribution in [2.45, 2.75) is 13.0 Å². The van der Waals surface area contributed by atoms with Crippen LogP contribution in [-0.4, -0.2) is 25.0 Å². The molecule has 0 aliphatic carbocycles. The van der Waals surface area contributed by atoms with Crippen molar-refractivity contribution in [3.8, 4) is 5.75 Å². The van der Waals surface area contributed by atoms with Crippen molar-refractivity contribution in [3.05, 3.63) is 46.2 Å². The van der Waals surface area contributed by atoms with Crippen molar-refractivity contribution in [3.63, 3.8) is 0 Å². The van der Waals surface area contributed by atoms with Gasteiger partial charge in [-0.15, -0.1) is 11.3 Å². The Balaban J connectivity index is 2.20. The molecule has 1 atom stereocenters. The van der Waals surface area contributed by atoms with E-state index in [9.17, 15) is 4.79 Å². The second kappa shape index (κ2) is 5.96. The van der Waals surface area contributed by atoms with E-state index in [1.54, 1.807) is 48.6 Å². The molecule has 0 aliphatic rings. The van der Waals surface area contributed by atoms with Crippen LogP contribution in [-0.2, 0) is 0 Å². The second-order valence-electron chi connectivity index (χ2n) is 4.56. The average Bonchev–Trinajstić information content (AvgIpc) is 2.99. The zero-order valence-electron chi connectivity index (χ0n) is 11.8. The van der Waals surface area contributed by atoms with Crippen molar-refractivity contribution in [1.82, 2.24) is 4.90 Å². The Morgan fingerprint density at radius 3 is 2.70 bits per heavy atom. The number of thiophene rings is 1. The quantitative estimate of drug-likeness (QED) is 0.880. The number of amides is 1. The monoisotopic (exact) mass is 290 g/mol. The largest absolute Gasteiger partial charge is 0.495 e. The van der Waals surface area contributed by atoms with Crippen molar-refractivity contribution < 1.29 is 9.53 Å². The van der Waals surface area contributed by atoms with Crippen LogP contribution in [0.4, 0.5) is 5.69 Å². The predicted octanol–water partition coefficient (Wildman–Crippen LogP) is 3.17. The summed E-state index contributed by atoms with van der Waals surface area (Å²) in [4.78, 5) is 15.3. The molecule has 20 heavy (non-hydrogen) atoms. The number of benzene rings is 1. The SMILES string of the molecule is COc1ccc(C(=O)N(C)C(C)c2cccs2)cc1N. The van der Waals surface area contributed by atoms with Gasteiger partial charge in [-0.3, -0.25) is 4.79 Å². The molecule has 0 bridgehead atoms. The minimum absolute atomic E-state index is 0.0332. The fraction of sp³-hybridized carbons (Fsp3) is 0.267. The molecular weight excluding hydrogens is 272 g/mol. The maximum Gasteiger partial charge on any atom is 0.254 e. The summed E-state index contributed by atoms with van der Waals surface area (Å²) < 4.78 is 5.10. The summed E-state index contributed by atoms with van der Waals surface area (Å²) in [5.41, 5.74) is 6.88. The van der Waals surface area contributed by atoms with Crippen molar-refractivity contribution in [2.24, 2.45) is 0 Å². The van der Waals surface area contributed by atoms with Crippen LogP contribution in [0.2, 0.25) is 0 Å². The number of hydrogen-bond donors (Lipinski definition) is 1. The number of ether oxygens (including phenoxy) is 1. The lowest BCUT2D eigenvalue weighted by atomic mass is 10.1. The van der Waals surface area contributed by atoms with Crippen molar-refractivity contribution in [2.75, 3.05) is 19.9 Å². The molecule has 5 heteroatoms. The predicted molar refractivity (Wildman–Crippen MR) is 82.2 cm³/mol. The first kappa shape index (κ1) is 14.4. The van der Waals surface area contributed by atoms with Gasteiger partial charge >= 0.3 is 0 Å². The number of methoxy groups -OCH3 is 1. The van der Waals surface area contributed by atoms with Gasteiger partial charge in [-0.05, 0) is 36.6 Å². The maximum atomic E-state index is 12.5. The van der Waals surface area contributed by atoms with Gasteiger partial charge in [0.15, 0.2) is 0 Å². The van der Waals surface area contributed by atoms with Crippen LogP contribution in [0.5, 0.6) is 5.75 Å². The fourth-order valence-electron chi connectivity index (χ4n) is 1.97.